The highest BCUT2D eigenvalue weighted by Crippen LogP contribution is 2.42. The van der Waals surface area contributed by atoms with Crippen molar-refractivity contribution in [1.82, 2.24) is 9.80 Å². The lowest BCUT2D eigenvalue weighted by molar-refractivity contribution is 0.0809. The molecule has 8 rings (SSSR count). The number of hydrogen-bond donors (Lipinski definition) is 1. The van der Waals surface area contributed by atoms with E-state index in [0.29, 0.717) is 78.0 Å². The molecular formula is C47H49N5O7. The Morgan fingerprint density at radius 2 is 1.14 bits per heavy atom. The van der Waals surface area contributed by atoms with Crippen molar-refractivity contribution in [3.05, 3.63) is 107 Å². The van der Waals surface area contributed by atoms with E-state index in [9.17, 15) is 9.59 Å². The maximum absolute atomic E-state index is 13.9. The summed E-state index contributed by atoms with van der Waals surface area (Å²) < 4.78 is 28.9. The van der Waals surface area contributed by atoms with Crippen molar-refractivity contribution in [3.8, 4) is 28.7 Å². The second-order valence-electron chi connectivity index (χ2n) is 15.6. The van der Waals surface area contributed by atoms with Crippen LogP contribution in [-0.4, -0.2) is 86.2 Å². The van der Waals surface area contributed by atoms with Crippen LogP contribution in [0.4, 0.5) is 17.1 Å². The molecule has 0 fully saturated rings. The second kappa shape index (κ2) is 16.4. The summed E-state index contributed by atoms with van der Waals surface area (Å²) in [4.78, 5) is 40.6. The van der Waals surface area contributed by atoms with Crippen molar-refractivity contribution in [2.24, 2.45) is 9.98 Å². The Morgan fingerprint density at radius 3 is 1.58 bits per heavy atom. The van der Waals surface area contributed by atoms with Crippen molar-refractivity contribution in [1.29, 1.82) is 0 Å². The number of rotatable bonds is 14. The average Bonchev–Trinajstić information content (AvgIpc) is 3.83. The summed E-state index contributed by atoms with van der Waals surface area (Å²) in [5, 5.41) is 3.57. The smallest absolute Gasteiger partial charge is 0.260 e. The van der Waals surface area contributed by atoms with Crippen LogP contribution in [0.25, 0.3) is 11.1 Å². The Balaban J connectivity index is 0.892. The molecule has 0 saturated heterocycles. The van der Waals surface area contributed by atoms with Crippen molar-refractivity contribution in [2.45, 2.75) is 64.1 Å². The van der Waals surface area contributed by atoms with Gasteiger partial charge in [-0.1, -0.05) is 31.2 Å². The van der Waals surface area contributed by atoms with Crippen molar-refractivity contribution >= 4 is 52.5 Å². The second-order valence-corrected chi connectivity index (χ2v) is 15.6. The number of anilines is 1. The van der Waals surface area contributed by atoms with Gasteiger partial charge < -0.3 is 38.8 Å². The summed E-state index contributed by atoms with van der Waals surface area (Å²) >= 11 is 0. The molecule has 2 amide bonds. The van der Waals surface area contributed by atoms with Gasteiger partial charge in [0.25, 0.3) is 11.8 Å². The lowest BCUT2D eigenvalue weighted by Crippen LogP contribution is -2.32. The number of hydrogen-bond acceptors (Lipinski definition) is 10. The van der Waals surface area contributed by atoms with Crippen LogP contribution in [0, 0.1) is 0 Å². The summed E-state index contributed by atoms with van der Waals surface area (Å²) in [5.41, 5.74) is 7.23. The molecule has 4 heterocycles. The number of methoxy groups -OCH3 is 3. The van der Waals surface area contributed by atoms with Crippen LogP contribution in [0.15, 0.2) is 95.2 Å². The first kappa shape index (κ1) is 39.3. The predicted octanol–water partition coefficient (Wildman–Crippen LogP) is 9.10. The average molecular weight is 796 g/mol. The van der Waals surface area contributed by atoms with Crippen LogP contribution in [0.3, 0.4) is 0 Å². The number of aliphatic imine (C=N–C) groups is 2. The Kier molecular flexibility index (Phi) is 10.9. The fourth-order valence-corrected chi connectivity index (χ4v) is 7.62. The van der Waals surface area contributed by atoms with Crippen LogP contribution >= 0.6 is 0 Å². The summed E-state index contributed by atoms with van der Waals surface area (Å²) in [6.07, 6.45) is 10.3. The van der Waals surface area contributed by atoms with E-state index in [1.165, 1.54) is 0 Å². The third-order valence-electron chi connectivity index (χ3n) is 11.3. The maximum atomic E-state index is 13.9. The fourth-order valence-electron chi connectivity index (χ4n) is 7.62. The summed E-state index contributed by atoms with van der Waals surface area (Å²) in [5.74, 6) is 2.31. The molecule has 0 saturated carbocycles. The number of fused-ring (bicyclic) bond motifs is 4. The van der Waals surface area contributed by atoms with E-state index in [1.807, 2.05) is 49.1 Å². The summed E-state index contributed by atoms with van der Waals surface area (Å²) in [6.45, 7) is 7.15. The first-order valence-electron chi connectivity index (χ1n) is 20.0. The number of amides is 2. The monoisotopic (exact) mass is 795 g/mol. The lowest BCUT2D eigenvalue weighted by Gasteiger charge is -2.26. The van der Waals surface area contributed by atoms with E-state index in [-0.39, 0.29) is 29.4 Å². The Bertz CT molecular complexity index is 2380. The zero-order valence-corrected chi connectivity index (χ0v) is 34.3. The van der Waals surface area contributed by atoms with E-state index in [4.69, 9.17) is 33.7 Å². The normalized spacial score (nSPS) is 17.9. The van der Waals surface area contributed by atoms with Gasteiger partial charge in [0.1, 0.15) is 5.75 Å². The zero-order chi connectivity index (χ0) is 41.3. The lowest BCUT2D eigenvalue weighted by atomic mass is 10.00. The highest BCUT2D eigenvalue weighted by Gasteiger charge is 2.35. The first-order chi connectivity index (χ1) is 28.6. The SMILES string of the molecule is CCC(C)(C)Nc1ccc(C2=CN3C(=O)c4cc(OC)c(OCCCOc5cc6c(cc5OC)C(=O)N5C=C(c7ccc(OC)cc7)C[C@H]5C=N6)cc4N=C[C@@H]3C2)cc1. The third kappa shape index (κ3) is 7.99. The molecule has 0 radical (unpaired) electrons. The Labute approximate surface area is 344 Å². The van der Waals surface area contributed by atoms with Crippen LogP contribution in [0.1, 0.15) is 78.3 Å². The minimum absolute atomic E-state index is 0.00458. The van der Waals surface area contributed by atoms with Crippen molar-refractivity contribution in [2.75, 3.05) is 39.9 Å². The largest absolute Gasteiger partial charge is 0.497 e. The minimum Gasteiger partial charge on any atom is -0.497 e. The molecule has 2 atom stereocenters. The van der Waals surface area contributed by atoms with Crippen molar-refractivity contribution in [3.63, 3.8) is 0 Å². The molecule has 4 aliphatic rings. The van der Waals surface area contributed by atoms with Gasteiger partial charge in [0.2, 0.25) is 0 Å². The third-order valence-corrected chi connectivity index (χ3v) is 11.3. The molecule has 12 heteroatoms. The molecular weight excluding hydrogens is 747 g/mol. The van der Waals surface area contributed by atoms with Gasteiger partial charge in [-0.05, 0) is 78.9 Å². The van der Waals surface area contributed by atoms with Crippen LogP contribution < -0.4 is 29.0 Å². The molecule has 0 unspecified atom stereocenters. The maximum Gasteiger partial charge on any atom is 0.260 e. The molecule has 59 heavy (non-hydrogen) atoms. The topological polar surface area (TPSA) is 124 Å². The van der Waals surface area contributed by atoms with Gasteiger partial charge >= 0.3 is 0 Å². The molecule has 0 aromatic heterocycles. The van der Waals surface area contributed by atoms with Crippen LogP contribution in [0.2, 0.25) is 0 Å². The van der Waals surface area contributed by atoms with E-state index in [2.05, 4.69) is 50.4 Å². The highest BCUT2D eigenvalue weighted by atomic mass is 16.5. The standard InChI is InChI=1S/C47H49N5O7/c1-7-47(2,3)50-33-13-9-29(10-14-33)31-19-34-25-48-39-23-43(41(56-5)21-37(39)45(53)51(34)27-31)58-17-8-18-59-44-24-40-38(22-42(44)57-6)46(54)52-28-32(20-35(52)26-49-40)30-11-15-36(55-4)16-12-30/h9-16,21-28,34-35,50H,7-8,17-20H2,1-6H3/t34-,35-/m0/s1. The van der Waals surface area contributed by atoms with E-state index < -0.39 is 0 Å². The van der Waals surface area contributed by atoms with Gasteiger partial charge in [0.05, 0.1) is 69.1 Å². The fraction of sp³-hybridized carbons (Fsp3) is 0.319. The number of ether oxygens (including phenoxy) is 5. The number of benzene rings is 4. The number of carbonyl (C=O) groups excluding carboxylic acids is 2. The summed E-state index contributed by atoms with van der Waals surface area (Å²) in [6, 6.07) is 22.7. The molecule has 12 nitrogen and oxygen atoms in total. The number of nitrogens with one attached hydrogen (secondary N) is 1. The molecule has 4 aromatic rings. The molecule has 0 bridgehead atoms. The highest BCUT2D eigenvalue weighted by molar-refractivity contribution is 6.06. The van der Waals surface area contributed by atoms with E-state index in [0.717, 1.165) is 40.1 Å². The Morgan fingerprint density at radius 1 is 0.661 bits per heavy atom. The van der Waals surface area contributed by atoms with E-state index in [1.54, 1.807) is 55.4 Å². The van der Waals surface area contributed by atoms with Gasteiger partial charge in [0, 0.05) is 67.5 Å². The molecule has 1 N–H and O–H groups in total. The first-order valence-corrected chi connectivity index (χ1v) is 20.0. The summed E-state index contributed by atoms with van der Waals surface area (Å²) in [7, 11) is 4.74. The zero-order valence-electron chi connectivity index (χ0n) is 34.3. The minimum atomic E-state index is -0.204. The molecule has 0 aliphatic carbocycles. The number of carbonyl (C=O) groups is 2. The van der Waals surface area contributed by atoms with E-state index >= 15 is 0 Å². The van der Waals surface area contributed by atoms with Gasteiger partial charge in [-0.2, -0.15) is 0 Å². The predicted molar refractivity (Wildman–Crippen MR) is 230 cm³/mol. The molecule has 0 spiro atoms. The molecule has 304 valence electrons. The Hall–Kier alpha value is -6.56. The van der Waals surface area contributed by atoms with Gasteiger partial charge in [-0.3, -0.25) is 19.6 Å². The van der Waals surface area contributed by atoms with Crippen LogP contribution in [-0.2, 0) is 0 Å². The van der Waals surface area contributed by atoms with Gasteiger partial charge in [-0.25, -0.2) is 0 Å². The quantitative estimate of drug-likeness (QED) is 0.126. The molecule has 4 aromatic carbocycles. The van der Waals surface area contributed by atoms with Crippen molar-refractivity contribution < 1.29 is 33.3 Å². The van der Waals surface area contributed by atoms with Crippen LogP contribution in [0.5, 0.6) is 28.7 Å². The van der Waals surface area contributed by atoms with Gasteiger partial charge in [-0.15, -0.1) is 0 Å². The number of nitrogens with zero attached hydrogens (tertiary/aromatic N) is 4. The van der Waals surface area contributed by atoms with Gasteiger partial charge in [0.15, 0.2) is 23.0 Å². The molecule has 4 aliphatic heterocycles.